The summed E-state index contributed by atoms with van der Waals surface area (Å²) >= 11 is 0. The first-order valence-electron chi connectivity index (χ1n) is 13.1. The van der Waals surface area contributed by atoms with E-state index in [0.29, 0.717) is 65.0 Å². The van der Waals surface area contributed by atoms with E-state index in [4.69, 9.17) is 0 Å². The number of amides is 4. The molecule has 0 saturated heterocycles. The SMILES string of the molecule is CC1=C(C)C(=O)N(CC2CC3C=CC2C3)C1=O.CC1=C(C)C(=O)N(CCC2CC3C=CC2C3)C1=O. The predicted octanol–water partition coefficient (Wildman–Crippen LogP) is 4.20. The van der Waals surface area contributed by atoms with Gasteiger partial charge in [-0.05, 0) is 95.3 Å². The first-order chi connectivity index (χ1) is 16.7. The fraction of sp³-hybridized carbons (Fsp3) is 0.586. The number of nitrogens with zero attached hydrogens (tertiary/aromatic N) is 2. The molecule has 6 atom stereocenters. The molecule has 2 aliphatic heterocycles. The molecule has 0 N–H and O–H groups in total. The van der Waals surface area contributed by atoms with E-state index in [1.165, 1.54) is 29.1 Å². The summed E-state index contributed by atoms with van der Waals surface area (Å²) in [5.74, 6) is 3.53. The Morgan fingerprint density at radius 3 is 1.43 bits per heavy atom. The van der Waals surface area contributed by atoms with Crippen LogP contribution in [0.5, 0.6) is 0 Å². The van der Waals surface area contributed by atoms with Crippen LogP contribution in [0.1, 0.15) is 59.8 Å². The molecule has 0 aromatic carbocycles. The Hall–Kier alpha value is -2.76. The molecule has 2 saturated carbocycles. The summed E-state index contributed by atoms with van der Waals surface area (Å²) in [6, 6.07) is 0. The van der Waals surface area contributed by atoms with E-state index in [2.05, 4.69) is 24.3 Å². The van der Waals surface area contributed by atoms with Gasteiger partial charge in [0, 0.05) is 35.4 Å². The van der Waals surface area contributed by atoms with Gasteiger partial charge in [0.05, 0.1) is 0 Å². The van der Waals surface area contributed by atoms with Crippen LogP contribution in [-0.4, -0.2) is 46.5 Å². The summed E-state index contributed by atoms with van der Waals surface area (Å²) in [7, 11) is 0. The van der Waals surface area contributed by atoms with E-state index in [-0.39, 0.29) is 23.6 Å². The quantitative estimate of drug-likeness (QED) is 0.440. The van der Waals surface area contributed by atoms with Crippen LogP contribution in [0.2, 0.25) is 0 Å². The van der Waals surface area contributed by atoms with Crippen LogP contribution in [0.25, 0.3) is 0 Å². The summed E-state index contributed by atoms with van der Waals surface area (Å²) in [6.07, 6.45) is 15.0. The van der Waals surface area contributed by atoms with Crippen molar-refractivity contribution in [1.82, 2.24) is 9.80 Å². The molecule has 2 heterocycles. The van der Waals surface area contributed by atoms with E-state index in [1.54, 1.807) is 27.7 Å². The Morgan fingerprint density at radius 2 is 1.03 bits per heavy atom. The largest absolute Gasteiger partial charge is 0.275 e. The zero-order chi connectivity index (χ0) is 25.0. The number of carbonyl (C=O) groups is 4. The predicted molar refractivity (Wildman–Crippen MR) is 132 cm³/mol. The normalized spacial score (nSPS) is 35.0. The van der Waals surface area contributed by atoms with E-state index < -0.39 is 0 Å². The maximum Gasteiger partial charge on any atom is 0.256 e. The van der Waals surface area contributed by atoms with Crippen LogP contribution in [0, 0.1) is 35.5 Å². The molecule has 4 aliphatic carbocycles. The van der Waals surface area contributed by atoms with Gasteiger partial charge in [0.1, 0.15) is 0 Å². The minimum Gasteiger partial charge on any atom is -0.275 e. The molecule has 35 heavy (non-hydrogen) atoms. The van der Waals surface area contributed by atoms with Gasteiger partial charge in [-0.25, -0.2) is 0 Å². The highest BCUT2D eigenvalue weighted by molar-refractivity contribution is 6.19. The topological polar surface area (TPSA) is 74.8 Å². The number of carbonyl (C=O) groups excluding carboxylic acids is 4. The highest BCUT2D eigenvalue weighted by atomic mass is 16.2. The van der Waals surface area contributed by atoms with Gasteiger partial charge in [0.25, 0.3) is 23.6 Å². The van der Waals surface area contributed by atoms with E-state index in [0.717, 1.165) is 18.8 Å². The number of fused-ring (bicyclic) bond motifs is 4. The van der Waals surface area contributed by atoms with E-state index >= 15 is 0 Å². The molecular formula is C29H36N2O4. The van der Waals surface area contributed by atoms with Crippen molar-refractivity contribution in [2.75, 3.05) is 13.1 Å². The average Bonchev–Trinajstić information content (AvgIpc) is 3.70. The molecule has 6 unspecified atom stereocenters. The summed E-state index contributed by atoms with van der Waals surface area (Å²) in [5, 5.41) is 0. The third-order valence-electron chi connectivity index (χ3n) is 9.36. The van der Waals surface area contributed by atoms with Gasteiger partial charge >= 0.3 is 0 Å². The molecule has 0 aromatic rings. The molecule has 0 radical (unpaired) electrons. The monoisotopic (exact) mass is 476 g/mol. The maximum atomic E-state index is 11.9. The summed E-state index contributed by atoms with van der Waals surface area (Å²) in [4.78, 5) is 50.6. The summed E-state index contributed by atoms with van der Waals surface area (Å²) in [5.41, 5.74) is 2.48. The van der Waals surface area contributed by atoms with Crippen LogP contribution in [0.4, 0.5) is 0 Å². The fourth-order valence-electron chi connectivity index (χ4n) is 6.87. The van der Waals surface area contributed by atoms with Gasteiger partial charge in [-0.1, -0.05) is 24.3 Å². The summed E-state index contributed by atoms with van der Waals surface area (Å²) < 4.78 is 0. The van der Waals surface area contributed by atoms with Gasteiger partial charge in [0.15, 0.2) is 0 Å². The Morgan fingerprint density at radius 1 is 0.600 bits per heavy atom. The Bertz CT molecular complexity index is 1060. The zero-order valence-electron chi connectivity index (χ0n) is 21.3. The molecule has 6 rings (SSSR count). The Labute approximate surface area is 207 Å². The molecule has 4 amide bonds. The zero-order valence-corrected chi connectivity index (χ0v) is 21.3. The third kappa shape index (κ3) is 4.15. The molecule has 0 aromatic heterocycles. The van der Waals surface area contributed by atoms with E-state index in [9.17, 15) is 19.2 Å². The van der Waals surface area contributed by atoms with Gasteiger partial charge in [-0.3, -0.25) is 29.0 Å². The van der Waals surface area contributed by atoms with Crippen LogP contribution in [0.3, 0.4) is 0 Å². The van der Waals surface area contributed by atoms with Crippen molar-refractivity contribution < 1.29 is 19.2 Å². The minimum atomic E-state index is -0.0869. The highest BCUT2D eigenvalue weighted by Gasteiger charge is 2.41. The lowest BCUT2D eigenvalue weighted by Gasteiger charge is -2.24. The third-order valence-corrected chi connectivity index (χ3v) is 9.36. The molecular weight excluding hydrogens is 440 g/mol. The van der Waals surface area contributed by atoms with Crippen molar-refractivity contribution in [3.63, 3.8) is 0 Å². The maximum absolute atomic E-state index is 11.9. The lowest BCUT2D eigenvalue weighted by molar-refractivity contribution is -0.139. The second-order valence-electron chi connectivity index (χ2n) is 11.4. The second-order valence-corrected chi connectivity index (χ2v) is 11.4. The number of allylic oxidation sites excluding steroid dienone is 4. The standard InChI is InChI=1S/C15H19NO2.C14H17NO2/c1-9-10(2)15(18)16(14(9)17)6-5-13-8-11-3-4-12(13)7-11;1-8-9(2)14(17)15(13(8)16)7-12-6-10-3-4-11(12)5-10/h3-4,11-13H,5-8H2,1-2H3;3-4,10-12H,5-7H2,1-2H3. The van der Waals surface area contributed by atoms with Crippen LogP contribution < -0.4 is 0 Å². The molecule has 2 fully saturated rings. The molecule has 4 bridgehead atoms. The fourth-order valence-corrected chi connectivity index (χ4v) is 6.87. The first-order valence-corrected chi connectivity index (χ1v) is 13.1. The van der Waals surface area contributed by atoms with Gasteiger partial charge in [-0.15, -0.1) is 0 Å². The molecule has 186 valence electrons. The van der Waals surface area contributed by atoms with E-state index in [1.807, 2.05) is 0 Å². The van der Waals surface area contributed by atoms with Crippen LogP contribution >= 0.6 is 0 Å². The van der Waals surface area contributed by atoms with Crippen LogP contribution in [-0.2, 0) is 19.2 Å². The van der Waals surface area contributed by atoms with Crippen molar-refractivity contribution in [2.24, 2.45) is 35.5 Å². The number of hydrogen-bond acceptors (Lipinski definition) is 4. The molecule has 0 spiro atoms. The highest BCUT2D eigenvalue weighted by Crippen LogP contribution is 2.45. The smallest absolute Gasteiger partial charge is 0.256 e. The van der Waals surface area contributed by atoms with Crippen molar-refractivity contribution in [2.45, 2.75) is 59.8 Å². The van der Waals surface area contributed by atoms with Crippen molar-refractivity contribution in [3.8, 4) is 0 Å². The Balaban J connectivity index is 0.000000145. The Kier molecular flexibility index (Phi) is 6.18. The molecule has 6 nitrogen and oxygen atoms in total. The minimum absolute atomic E-state index is 0.0840. The lowest BCUT2D eigenvalue weighted by atomic mass is 9.90. The van der Waals surface area contributed by atoms with Crippen molar-refractivity contribution in [1.29, 1.82) is 0 Å². The van der Waals surface area contributed by atoms with Gasteiger partial charge in [-0.2, -0.15) is 0 Å². The first kappa shape index (κ1) is 24.0. The lowest BCUT2D eigenvalue weighted by Crippen LogP contribution is -2.37. The second kappa shape index (κ2) is 9.03. The number of imide groups is 2. The van der Waals surface area contributed by atoms with Crippen molar-refractivity contribution in [3.05, 3.63) is 46.6 Å². The van der Waals surface area contributed by atoms with Crippen molar-refractivity contribution >= 4 is 23.6 Å². The van der Waals surface area contributed by atoms with Gasteiger partial charge < -0.3 is 0 Å². The molecule has 6 aliphatic rings. The number of hydrogen-bond donors (Lipinski definition) is 0. The molecule has 6 heteroatoms. The average molecular weight is 477 g/mol. The number of rotatable bonds is 5. The van der Waals surface area contributed by atoms with Gasteiger partial charge in [0.2, 0.25) is 0 Å². The van der Waals surface area contributed by atoms with Crippen LogP contribution in [0.15, 0.2) is 46.6 Å². The summed E-state index contributed by atoms with van der Waals surface area (Å²) in [6.45, 7) is 8.18.